The number of hydrogen-bond acceptors (Lipinski definition) is 12. The van der Waals surface area contributed by atoms with E-state index in [0.717, 1.165) is 6.08 Å². The number of anilines is 1. The average molecular weight is 750 g/mol. The van der Waals surface area contributed by atoms with Gasteiger partial charge in [0.25, 0.3) is 5.91 Å². The largest absolute Gasteiger partial charge is 0.496 e. The minimum atomic E-state index is -0.767. The van der Waals surface area contributed by atoms with Crippen LogP contribution in [0.25, 0.3) is 0 Å². The number of allylic oxidation sites excluding steroid dienone is 1. The molecule has 4 aromatic rings. The molecule has 0 radical (unpaired) electrons. The van der Waals surface area contributed by atoms with Gasteiger partial charge in [-0.2, -0.15) is 0 Å². The molecule has 13 heteroatoms. The van der Waals surface area contributed by atoms with Gasteiger partial charge in [0, 0.05) is 40.6 Å². The highest BCUT2D eigenvalue weighted by atomic mass is 16.6. The van der Waals surface area contributed by atoms with Gasteiger partial charge < -0.3 is 47.9 Å². The van der Waals surface area contributed by atoms with E-state index < -0.39 is 17.8 Å². The summed E-state index contributed by atoms with van der Waals surface area (Å²) in [5.41, 5.74) is 2.34. The van der Waals surface area contributed by atoms with Crippen LogP contribution >= 0.6 is 0 Å². The lowest BCUT2D eigenvalue weighted by molar-refractivity contribution is -0.129. The van der Waals surface area contributed by atoms with Crippen molar-refractivity contribution in [1.82, 2.24) is 0 Å². The van der Waals surface area contributed by atoms with Crippen molar-refractivity contribution in [2.24, 2.45) is 0 Å². The van der Waals surface area contributed by atoms with Crippen LogP contribution < -0.4 is 33.7 Å². The van der Waals surface area contributed by atoms with E-state index in [0.29, 0.717) is 34.1 Å². The summed E-state index contributed by atoms with van der Waals surface area (Å²) in [6, 6.07) is 21.1. The summed E-state index contributed by atoms with van der Waals surface area (Å²) >= 11 is 0. The van der Waals surface area contributed by atoms with E-state index in [1.165, 1.54) is 80.1 Å². The van der Waals surface area contributed by atoms with Gasteiger partial charge in [0.2, 0.25) is 0 Å². The molecule has 0 atom stereocenters. The van der Waals surface area contributed by atoms with Gasteiger partial charge in [0.15, 0.2) is 34.5 Å². The summed E-state index contributed by atoms with van der Waals surface area (Å²) in [6.07, 6.45) is 2.52. The van der Waals surface area contributed by atoms with E-state index in [9.17, 15) is 14.4 Å². The van der Waals surface area contributed by atoms with Crippen molar-refractivity contribution < 1.29 is 57.0 Å². The topological polar surface area (TPSA) is 146 Å². The summed E-state index contributed by atoms with van der Waals surface area (Å²) < 4.78 is 47.7. The van der Waals surface area contributed by atoms with Crippen LogP contribution in [0.2, 0.25) is 0 Å². The van der Waals surface area contributed by atoms with Crippen molar-refractivity contribution in [3.8, 4) is 46.3 Å². The maximum absolute atomic E-state index is 13.1. The predicted molar refractivity (Wildman–Crippen MR) is 203 cm³/mol. The molecule has 0 unspecified atom stereocenters. The molecule has 284 valence electrons. The SMILES string of the molecule is C=C(OC)/C(=C\C(=C\C(=O)Oc1ccc(C(=O)Nc2ccc(C#Cc3ccc(OC(=O)c4cc(OC)c(OC)cc4OC)cc3)cc2)cc1OC)OC)OC. The summed E-state index contributed by atoms with van der Waals surface area (Å²) in [5.74, 6) is 6.52. The van der Waals surface area contributed by atoms with Crippen LogP contribution in [0.4, 0.5) is 5.69 Å². The highest BCUT2D eigenvalue weighted by Crippen LogP contribution is 2.35. The Morgan fingerprint density at radius 2 is 1.18 bits per heavy atom. The monoisotopic (exact) mass is 749 g/mol. The first-order valence-electron chi connectivity index (χ1n) is 16.3. The first-order chi connectivity index (χ1) is 26.5. The lowest BCUT2D eigenvalue weighted by atomic mass is 10.1. The fourth-order valence-electron chi connectivity index (χ4n) is 4.73. The smallest absolute Gasteiger partial charge is 0.347 e. The number of hydrogen-bond donors (Lipinski definition) is 1. The van der Waals surface area contributed by atoms with Crippen LogP contribution in [0.15, 0.2) is 115 Å². The maximum Gasteiger partial charge on any atom is 0.347 e. The Morgan fingerprint density at radius 3 is 1.75 bits per heavy atom. The van der Waals surface area contributed by atoms with Crippen LogP contribution in [0.5, 0.6) is 34.5 Å². The van der Waals surface area contributed by atoms with Crippen molar-refractivity contribution in [2.75, 3.05) is 55.1 Å². The Morgan fingerprint density at radius 1 is 0.600 bits per heavy atom. The van der Waals surface area contributed by atoms with E-state index >= 15 is 0 Å². The maximum atomic E-state index is 13.1. The van der Waals surface area contributed by atoms with Gasteiger partial charge in [-0.3, -0.25) is 4.79 Å². The summed E-state index contributed by atoms with van der Waals surface area (Å²) in [4.78, 5) is 38.6. The van der Waals surface area contributed by atoms with E-state index in [-0.39, 0.29) is 45.7 Å². The number of carbonyl (C=O) groups excluding carboxylic acids is 3. The van der Waals surface area contributed by atoms with Crippen LogP contribution in [-0.2, 0) is 19.0 Å². The second-order valence-corrected chi connectivity index (χ2v) is 11.0. The van der Waals surface area contributed by atoms with Gasteiger partial charge in [-0.1, -0.05) is 18.4 Å². The molecule has 0 aliphatic rings. The lowest BCUT2D eigenvalue weighted by Gasteiger charge is -2.13. The van der Waals surface area contributed by atoms with Crippen LogP contribution in [0.3, 0.4) is 0 Å². The van der Waals surface area contributed by atoms with Crippen LogP contribution in [0.1, 0.15) is 31.8 Å². The Kier molecular flexibility index (Phi) is 14.3. The van der Waals surface area contributed by atoms with E-state index in [2.05, 4.69) is 23.7 Å². The average Bonchev–Trinajstić information content (AvgIpc) is 3.21. The molecule has 4 aromatic carbocycles. The number of rotatable bonds is 15. The molecule has 0 aliphatic heterocycles. The zero-order chi connectivity index (χ0) is 39.9. The number of esters is 2. The molecule has 0 aromatic heterocycles. The fourth-order valence-corrected chi connectivity index (χ4v) is 4.73. The van der Waals surface area contributed by atoms with Gasteiger partial charge >= 0.3 is 11.9 Å². The zero-order valence-electron chi connectivity index (χ0n) is 31.3. The molecule has 55 heavy (non-hydrogen) atoms. The van der Waals surface area contributed by atoms with E-state index in [1.54, 1.807) is 54.6 Å². The van der Waals surface area contributed by atoms with Crippen molar-refractivity contribution in [1.29, 1.82) is 0 Å². The molecule has 0 spiro atoms. The predicted octanol–water partition coefficient (Wildman–Crippen LogP) is 6.72. The molecule has 1 N–H and O–H groups in total. The number of carbonyl (C=O) groups is 3. The van der Waals surface area contributed by atoms with Crippen LogP contribution in [-0.4, -0.2) is 67.6 Å². The quantitative estimate of drug-likeness (QED) is 0.0344. The van der Waals surface area contributed by atoms with Gasteiger partial charge in [0.1, 0.15) is 22.8 Å². The molecule has 0 fully saturated rings. The van der Waals surface area contributed by atoms with Gasteiger partial charge in [-0.15, -0.1) is 0 Å². The Bertz CT molecular complexity index is 2160. The standard InChI is InChI=1S/C42H39NO12/c1-26(47-2)35(49-4)22-32(48-3)23-40(44)55-34-20-15-29(21-37(34)51-6)41(45)43-30-16-11-27(12-17-30)9-10-28-13-18-31(19-14-28)54-42(46)33-24-38(52-7)39(53-8)25-36(33)50-5/h11-25H,1H2,2-8H3,(H,43,45)/b32-23-,35-22+. The molecule has 13 nitrogen and oxygen atoms in total. The molecule has 0 heterocycles. The number of methoxy groups -OCH3 is 7. The first-order valence-corrected chi connectivity index (χ1v) is 16.3. The van der Waals surface area contributed by atoms with Gasteiger partial charge in [-0.05, 0) is 66.7 Å². The Labute approximate surface area is 318 Å². The molecular formula is C42H39NO12. The highest BCUT2D eigenvalue weighted by Gasteiger charge is 2.20. The molecule has 0 saturated carbocycles. The van der Waals surface area contributed by atoms with Crippen molar-refractivity contribution in [3.63, 3.8) is 0 Å². The number of nitrogens with one attached hydrogen (secondary N) is 1. The third-order valence-electron chi connectivity index (χ3n) is 7.63. The normalized spacial score (nSPS) is 10.8. The van der Waals surface area contributed by atoms with E-state index in [4.69, 9.17) is 42.6 Å². The second kappa shape index (κ2) is 19.5. The Balaban J connectivity index is 1.37. The minimum absolute atomic E-state index is 0.0850. The van der Waals surface area contributed by atoms with Gasteiger partial charge in [0.05, 0.1) is 55.8 Å². The fraction of sp³-hybridized carbons (Fsp3) is 0.167. The number of benzene rings is 4. The summed E-state index contributed by atoms with van der Waals surface area (Å²) in [7, 11) is 10.0. The minimum Gasteiger partial charge on any atom is -0.496 e. The highest BCUT2D eigenvalue weighted by molar-refractivity contribution is 6.04. The molecule has 4 rings (SSSR count). The molecular weight excluding hydrogens is 710 g/mol. The Hall–Kier alpha value is -7.33. The van der Waals surface area contributed by atoms with Crippen LogP contribution in [0, 0.1) is 11.8 Å². The third kappa shape index (κ3) is 10.8. The summed E-state index contributed by atoms with van der Waals surface area (Å²) in [6.45, 7) is 3.71. The number of amides is 1. The third-order valence-corrected chi connectivity index (χ3v) is 7.63. The molecule has 1 amide bonds. The molecule has 0 aliphatic carbocycles. The van der Waals surface area contributed by atoms with Crippen molar-refractivity contribution in [2.45, 2.75) is 0 Å². The van der Waals surface area contributed by atoms with Crippen molar-refractivity contribution in [3.05, 3.63) is 137 Å². The molecule has 0 saturated heterocycles. The second-order valence-electron chi connectivity index (χ2n) is 11.0. The lowest BCUT2D eigenvalue weighted by Crippen LogP contribution is -2.13. The first kappa shape index (κ1) is 40.4. The zero-order valence-corrected chi connectivity index (χ0v) is 31.3. The van der Waals surface area contributed by atoms with Gasteiger partial charge in [-0.25, -0.2) is 9.59 Å². The molecule has 0 bridgehead atoms. The number of ether oxygens (including phenoxy) is 9. The summed E-state index contributed by atoms with van der Waals surface area (Å²) in [5, 5.41) is 2.82. The van der Waals surface area contributed by atoms with E-state index in [1.807, 2.05) is 0 Å². The van der Waals surface area contributed by atoms with Crippen molar-refractivity contribution >= 4 is 23.5 Å².